The van der Waals surface area contributed by atoms with Crippen molar-refractivity contribution in [3.8, 4) is 0 Å². The molecule has 0 saturated carbocycles. The molecule has 0 spiro atoms. The first-order chi connectivity index (χ1) is 9.02. The van der Waals surface area contributed by atoms with Gasteiger partial charge < -0.3 is 20.6 Å². The molecule has 0 fully saturated rings. The van der Waals surface area contributed by atoms with E-state index in [-0.39, 0.29) is 6.03 Å². The zero-order valence-electron chi connectivity index (χ0n) is 11.2. The van der Waals surface area contributed by atoms with E-state index in [1.807, 2.05) is 12.1 Å². The van der Waals surface area contributed by atoms with Crippen molar-refractivity contribution in [2.75, 3.05) is 33.7 Å². The minimum Gasteiger partial charge on any atom is -0.387 e. The average Bonchev–Trinajstić information content (AvgIpc) is 2.38. The number of benzene rings is 1. The molecule has 0 heterocycles. The maximum absolute atomic E-state index is 11.2. The van der Waals surface area contributed by atoms with Gasteiger partial charge in [-0.15, -0.1) is 0 Å². The van der Waals surface area contributed by atoms with Crippen LogP contribution in [0.1, 0.15) is 11.7 Å². The molecule has 1 rings (SSSR count). The van der Waals surface area contributed by atoms with Crippen molar-refractivity contribution in [2.24, 2.45) is 0 Å². The Morgan fingerprint density at radius 1 is 1.37 bits per heavy atom. The van der Waals surface area contributed by atoms with E-state index in [4.69, 9.17) is 11.6 Å². The van der Waals surface area contributed by atoms with Gasteiger partial charge in [-0.2, -0.15) is 0 Å². The number of urea groups is 1. The molecule has 0 radical (unpaired) electrons. The van der Waals surface area contributed by atoms with Gasteiger partial charge >= 0.3 is 6.03 Å². The van der Waals surface area contributed by atoms with Gasteiger partial charge in [0.1, 0.15) is 0 Å². The zero-order valence-corrected chi connectivity index (χ0v) is 11.9. The van der Waals surface area contributed by atoms with E-state index in [1.165, 1.54) is 4.90 Å². The fourth-order valence-electron chi connectivity index (χ4n) is 1.51. The molecule has 3 N–H and O–H groups in total. The monoisotopic (exact) mass is 285 g/mol. The van der Waals surface area contributed by atoms with Crippen LogP contribution in [0.4, 0.5) is 4.79 Å². The lowest BCUT2D eigenvalue weighted by Crippen LogP contribution is -2.39. The number of nitrogens with zero attached hydrogens (tertiary/aromatic N) is 1. The molecule has 5 nitrogen and oxygen atoms in total. The van der Waals surface area contributed by atoms with Crippen LogP contribution >= 0.6 is 11.6 Å². The number of hydrogen-bond donors (Lipinski definition) is 3. The molecule has 0 aliphatic carbocycles. The van der Waals surface area contributed by atoms with Crippen LogP contribution in [0, 0.1) is 0 Å². The van der Waals surface area contributed by atoms with Crippen LogP contribution in [0.5, 0.6) is 0 Å². The van der Waals surface area contributed by atoms with Gasteiger partial charge in [-0.3, -0.25) is 0 Å². The standard InChI is InChI=1S/C13H20ClN3O2/c1-17(2)13(19)16-8-7-15-9-12(18)10-5-3-4-6-11(10)14/h3-6,12,15,18H,7-9H2,1-2H3,(H,16,19). The fourth-order valence-corrected chi connectivity index (χ4v) is 1.77. The molecule has 0 aliphatic heterocycles. The molecule has 1 atom stereocenters. The first-order valence-corrected chi connectivity index (χ1v) is 6.48. The lowest BCUT2D eigenvalue weighted by molar-refractivity contribution is 0.175. The third-order valence-corrected chi connectivity index (χ3v) is 2.93. The molecule has 0 aliphatic rings. The first-order valence-electron chi connectivity index (χ1n) is 6.10. The minimum absolute atomic E-state index is 0.131. The Balaban J connectivity index is 2.23. The van der Waals surface area contributed by atoms with Crippen LogP contribution in [-0.4, -0.2) is 49.8 Å². The Morgan fingerprint density at radius 2 is 2.05 bits per heavy atom. The lowest BCUT2D eigenvalue weighted by atomic mass is 10.1. The van der Waals surface area contributed by atoms with Crippen molar-refractivity contribution in [2.45, 2.75) is 6.10 Å². The van der Waals surface area contributed by atoms with Crippen molar-refractivity contribution < 1.29 is 9.90 Å². The molecule has 2 amide bonds. The third-order valence-electron chi connectivity index (χ3n) is 2.59. The number of nitrogens with one attached hydrogen (secondary N) is 2. The molecule has 0 aromatic heterocycles. The van der Waals surface area contributed by atoms with Gasteiger partial charge in [0, 0.05) is 44.3 Å². The van der Waals surface area contributed by atoms with Crippen molar-refractivity contribution in [1.82, 2.24) is 15.5 Å². The summed E-state index contributed by atoms with van der Waals surface area (Å²) in [6, 6.07) is 7.07. The van der Waals surface area contributed by atoms with Crippen LogP contribution in [-0.2, 0) is 0 Å². The molecule has 1 aromatic carbocycles. The second-order valence-corrected chi connectivity index (χ2v) is 4.77. The van der Waals surface area contributed by atoms with Crippen LogP contribution in [0.2, 0.25) is 5.02 Å². The molecule has 19 heavy (non-hydrogen) atoms. The Kier molecular flexibility index (Phi) is 6.62. The summed E-state index contributed by atoms with van der Waals surface area (Å²) >= 11 is 5.99. The van der Waals surface area contributed by atoms with E-state index in [1.54, 1.807) is 26.2 Å². The van der Waals surface area contributed by atoms with Gasteiger partial charge in [0.25, 0.3) is 0 Å². The fraction of sp³-hybridized carbons (Fsp3) is 0.462. The summed E-state index contributed by atoms with van der Waals surface area (Å²) in [5.41, 5.74) is 0.703. The predicted octanol–water partition coefficient (Wildman–Crippen LogP) is 1.23. The highest BCUT2D eigenvalue weighted by Gasteiger charge is 2.10. The highest BCUT2D eigenvalue weighted by Crippen LogP contribution is 2.21. The zero-order chi connectivity index (χ0) is 14.3. The number of aliphatic hydroxyl groups excluding tert-OH is 1. The van der Waals surface area contributed by atoms with Gasteiger partial charge in [0.15, 0.2) is 0 Å². The predicted molar refractivity (Wildman–Crippen MR) is 76.4 cm³/mol. The average molecular weight is 286 g/mol. The van der Waals surface area contributed by atoms with Crippen molar-refractivity contribution in [1.29, 1.82) is 0 Å². The molecular formula is C13H20ClN3O2. The normalized spacial score (nSPS) is 12.0. The molecule has 1 unspecified atom stereocenters. The molecule has 0 saturated heterocycles. The molecule has 0 bridgehead atoms. The van der Waals surface area contributed by atoms with Crippen LogP contribution in [0.25, 0.3) is 0 Å². The largest absolute Gasteiger partial charge is 0.387 e. The number of amides is 2. The van der Waals surface area contributed by atoms with Gasteiger partial charge in [-0.1, -0.05) is 29.8 Å². The highest BCUT2D eigenvalue weighted by atomic mass is 35.5. The smallest absolute Gasteiger partial charge is 0.316 e. The van der Waals surface area contributed by atoms with E-state index >= 15 is 0 Å². The SMILES string of the molecule is CN(C)C(=O)NCCNCC(O)c1ccccc1Cl. The van der Waals surface area contributed by atoms with Crippen LogP contribution < -0.4 is 10.6 Å². The van der Waals surface area contributed by atoms with Gasteiger partial charge in [-0.25, -0.2) is 4.79 Å². The quantitative estimate of drug-likeness (QED) is 0.689. The number of carbonyl (C=O) groups excluding carboxylic acids is 1. The number of carbonyl (C=O) groups is 1. The Hall–Kier alpha value is -1.30. The summed E-state index contributed by atoms with van der Waals surface area (Å²) < 4.78 is 0. The second-order valence-electron chi connectivity index (χ2n) is 4.37. The second kappa shape index (κ2) is 7.99. The third kappa shape index (κ3) is 5.46. The van der Waals surface area contributed by atoms with E-state index in [0.29, 0.717) is 30.2 Å². The lowest BCUT2D eigenvalue weighted by Gasteiger charge is -2.15. The van der Waals surface area contributed by atoms with Crippen molar-refractivity contribution >= 4 is 17.6 Å². The summed E-state index contributed by atoms with van der Waals surface area (Å²) in [6.45, 7) is 1.48. The summed E-state index contributed by atoms with van der Waals surface area (Å²) in [6.07, 6.45) is -0.654. The van der Waals surface area contributed by atoms with E-state index in [2.05, 4.69) is 10.6 Å². The molecule has 106 valence electrons. The Morgan fingerprint density at radius 3 is 2.68 bits per heavy atom. The summed E-state index contributed by atoms with van der Waals surface area (Å²) in [7, 11) is 3.37. The molecule has 1 aromatic rings. The van der Waals surface area contributed by atoms with Gasteiger partial charge in [0.05, 0.1) is 6.10 Å². The number of hydrogen-bond acceptors (Lipinski definition) is 3. The Bertz CT molecular complexity index is 413. The van der Waals surface area contributed by atoms with Crippen molar-refractivity contribution in [3.05, 3.63) is 34.9 Å². The maximum atomic E-state index is 11.2. The number of halogens is 1. The van der Waals surface area contributed by atoms with E-state index < -0.39 is 6.10 Å². The summed E-state index contributed by atoms with van der Waals surface area (Å²) in [5, 5.41) is 16.3. The van der Waals surface area contributed by atoms with Crippen molar-refractivity contribution in [3.63, 3.8) is 0 Å². The molecular weight excluding hydrogens is 266 g/mol. The minimum atomic E-state index is -0.654. The summed E-state index contributed by atoms with van der Waals surface area (Å²) in [5.74, 6) is 0. The topological polar surface area (TPSA) is 64.6 Å². The van der Waals surface area contributed by atoms with Gasteiger partial charge in [0.2, 0.25) is 0 Å². The Labute approximate surface area is 118 Å². The van der Waals surface area contributed by atoms with Gasteiger partial charge in [-0.05, 0) is 6.07 Å². The van der Waals surface area contributed by atoms with Crippen LogP contribution in [0.15, 0.2) is 24.3 Å². The number of rotatable bonds is 6. The first kappa shape index (κ1) is 15.8. The van der Waals surface area contributed by atoms with E-state index in [9.17, 15) is 9.90 Å². The van der Waals surface area contributed by atoms with E-state index in [0.717, 1.165) is 0 Å². The summed E-state index contributed by atoms with van der Waals surface area (Å²) in [4.78, 5) is 12.7. The van der Waals surface area contributed by atoms with Crippen LogP contribution in [0.3, 0.4) is 0 Å². The number of aliphatic hydroxyl groups is 1. The maximum Gasteiger partial charge on any atom is 0.316 e. The highest BCUT2D eigenvalue weighted by molar-refractivity contribution is 6.31. The molecule has 6 heteroatoms.